The number of amides is 1. The highest BCUT2D eigenvalue weighted by Gasteiger charge is 2.32. The fourth-order valence-electron chi connectivity index (χ4n) is 4.01. The third-order valence-corrected chi connectivity index (χ3v) is 6.31. The number of hydrogen-bond donors (Lipinski definition) is 1. The maximum Gasteiger partial charge on any atom is 0.224 e. The molecule has 2 aromatic rings. The number of carbonyl (C=O) groups excluding carboxylic acids is 1. The lowest BCUT2D eigenvalue weighted by Gasteiger charge is -2.29. The van der Waals surface area contributed by atoms with Crippen LogP contribution in [0.1, 0.15) is 30.9 Å². The largest absolute Gasteiger partial charge is 0.336 e. The molecule has 0 bridgehead atoms. The van der Waals surface area contributed by atoms with Crippen LogP contribution in [0.2, 0.25) is 0 Å². The Kier molecular flexibility index (Phi) is 4.76. The van der Waals surface area contributed by atoms with Gasteiger partial charge in [0.05, 0.1) is 6.04 Å². The van der Waals surface area contributed by atoms with Gasteiger partial charge in [0.15, 0.2) is 0 Å². The van der Waals surface area contributed by atoms with Crippen molar-refractivity contribution in [1.82, 2.24) is 10.2 Å². The minimum absolute atomic E-state index is 0.236. The molecule has 126 valence electrons. The van der Waals surface area contributed by atoms with E-state index in [1.54, 1.807) is 0 Å². The van der Waals surface area contributed by atoms with Gasteiger partial charge in [-0.05, 0) is 29.2 Å². The third kappa shape index (κ3) is 3.17. The fraction of sp³-hybridized carbons (Fsp3) is 0.450. The summed E-state index contributed by atoms with van der Waals surface area (Å²) in [4.78, 5) is 15.0. The molecule has 2 atom stereocenters. The van der Waals surface area contributed by atoms with Gasteiger partial charge in [0.25, 0.3) is 0 Å². The zero-order valence-corrected chi connectivity index (χ0v) is 14.7. The molecule has 0 radical (unpaired) electrons. The highest BCUT2D eigenvalue weighted by atomic mass is 32.2. The first-order valence-electron chi connectivity index (χ1n) is 8.91. The number of benzene rings is 2. The Labute approximate surface area is 147 Å². The van der Waals surface area contributed by atoms with Gasteiger partial charge >= 0.3 is 0 Å². The molecule has 2 aliphatic rings. The predicted octanol–water partition coefficient (Wildman–Crippen LogP) is 3.60. The standard InChI is InChI=1S/C20H24N2OS/c23-20(13-16-14-24-12-10-21-16)22-11-4-9-19(22)18-8-3-6-15-5-1-2-7-17(15)18/h1-3,5-8,16,19,21H,4,9-14H2. The monoisotopic (exact) mass is 340 g/mol. The van der Waals surface area contributed by atoms with Crippen molar-refractivity contribution >= 4 is 28.4 Å². The second kappa shape index (κ2) is 7.16. The van der Waals surface area contributed by atoms with Gasteiger partial charge in [-0.2, -0.15) is 11.8 Å². The van der Waals surface area contributed by atoms with Crippen molar-refractivity contribution in [2.24, 2.45) is 0 Å². The first kappa shape index (κ1) is 16.0. The molecular formula is C20H24N2OS. The summed E-state index contributed by atoms with van der Waals surface area (Å²) >= 11 is 1.95. The Bertz CT molecular complexity index is 721. The maximum atomic E-state index is 12.9. The first-order chi connectivity index (χ1) is 11.8. The SMILES string of the molecule is O=C(CC1CSCCN1)N1CCCC1c1cccc2ccccc12. The van der Waals surface area contributed by atoms with Gasteiger partial charge in [-0.3, -0.25) is 4.79 Å². The van der Waals surface area contributed by atoms with Gasteiger partial charge in [0.2, 0.25) is 5.91 Å². The number of likely N-dealkylation sites (tertiary alicyclic amines) is 1. The summed E-state index contributed by atoms with van der Waals surface area (Å²) < 4.78 is 0. The lowest BCUT2D eigenvalue weighted by Crippen LogP contribution is -2.42. The molecule has 1 N–H and O–H groups in total. The van der Waals surface area contributed by atoms with Crippen molar-refractivity contribution in [1.29, 1.82) is 0 Å². The lowest BCUT2D eigenvalue weighted by molar-refractivity contribution is -0.132. The smallest absolute Gasteiger partial charge is 0.224 e. The van der Waals surface area contributed by atoms with E-state index in [2.05, 4.69) is 52.7 Å². The zero-order valence-electron chi connectivity index (χ0n) is 13.9. The van der Waals surface area contributed by atoms with Crippen LogP contribution < -0.4 is 5.32 Å². The summed E-state index contributed by atoms with van der Waals surface area (Å²) in [5, 5.41) is 6.04. The minimum atomic E-state index is 0.236. The van der Waals surface area contributed by atoms with E-state index in [0.717, 1.165) is 37.4 Å². The Balaban J connectivity index is 1.56. The average Bonchev–Trinajstić information content (AvgIpc) is 3.12. The summed E-state index contributed by atoms with van der Waals surface area (Å²) in [6.07, 6.45) is 2.81. The molecule has 0 aliphatic carbocycles. The summed E-state index contributed by atoms with van der Waals surface area (Å²) in [7, 11) is 0. The Morgan fingerprint density at radius 2 is 2.08 bits per heavy atom. The average molecular weight is 340 g/mol. The molecule has 1 amide bonds. The lowest BCUT2D eigenvalue weighted by atomic mass is 9.97. The van der Waals surface area contributed by atoms with Crippen LogP contribution in [0.25, 0.3) is 10.8 Å². The van der Waals surface area contributed by atoms with Crippen LogP contribution in [0.4, 0.5) is 0 Å². The maximum absolute atomic E-state index is 12.9. The Morgan fingerprint density at radius 1 is 1.21 bits per heavy atom. The van der Waals surface area contributed by atoms with Crippen LogP contribution in [-0.2, 0) is 4.79 Å². The Hall–Kier alpha value is -1.52. The molecule has 2 saturated heterocycles. The summed E-state index contributed by atoms with van der Waals surface area (Å²) in [6, 6.07) is 15.6. The molecule has 4 heteroatoms. The van der Waals surface area contributed by atoms with E-state index in [0.29, 0.717) is 18.4 Å². The first-order valence-corrected chi connectivity index (χ1v) is 10.1. The summed E-state index contributed by atoms with van der Waals surface area (Å²) in [6.45, 7) is 1.92. The van der Waals surface area contributed by atoms with Crippen LogP contribution in [-0.4, -0.2) is 41.4 Å². The molecule has 4 rings (SSSR count). The third-order valence-electron chi connectivity index (χ3n) is 5.17. The molecule has 0 aromatic heterocycles. The molecule has 2 aromatic carbocycles. The number of rotatable bonds is 3. The van der Waals surface area contributed by atoms with Gasteiger partial charge in [0.1, 0.15) is 0 Å². The molecule has 2 heterocycles. The molecular weight excluding hydrogens is 316 g/mol. The van der Waals surface area contributed by atoms with E-state index in [-0.39, 0.29) is 6.04 Å². The quantitative estimate of drug-likeness (QED) is 0.926. The van der Waals surface area contributed by atoms with Crippen LogP contribution in [0.3, 0.4) is 0 Å². The van der Waals surface area contributed by atoms with Crippen molar-refractivity contribution in [2.45, 2.75) is 31.3 Å². The number of thioether (sulfide) groups is 1. The number of fused-ring (bicyclic) bond motifs is 1. The molecule has 0 spiro atoms. The number of hydrogen-bond acceptors (Lipinski definition) is 3. The fourth-order valence-corrected chi connectivity index (χ4v) is 4.96. The zero-order chi connectivity index (χ0) is 16.4. The van der Waals surface area contributed by atoms with Gasteiger partial charge in [-0.15, -0.1) is 0 Å². The van der Waals surface area contributed by atoms with Gasteiger partial charge < -0.3 is 10.2 Å². The van der Waals surface area contributed by atoms with E-state index in [9.17, 15) is 4.79 Å². The van der Waals surface area contributed by atoms with Crippen molar-refractivity contribution in [3.63, 3.8) is 0 Å². The highest BCUT2D eigenvalue weighted by Crippen LogP contribution is 2.36. The van der Waals surface area contributed by atoms with Crippen LogP contribution >= 0.6 is 11.8 Å². The van der Waals surface area contributed by atoms with Crippen molar-refractivity contribution in [3.05, 3.63) is 48.0 Å². The topological polar surface area (TPSA) is 32.3 Å². The van der Waals surface area contributed by atoms with Crippen molar-refractivity contribution in [3.8, 4) is 0 Å². The van der Waals surface area contributed by atoms with E-state index in [4.69, 9.17) is 0 Å². The predicted molar refractivity (Wildman–Crippen MR) is 101 cm³/mol. The van der Waals surface area contributed by atoms with Crippen LogP contribution in [0, 0.1) is 0 Å². The van der Waals surface area contributed by atoms with E-state index >= 15 is 0 Å². The van der Waals surface area contributed by atoms with E-state index < -0.39 is 0 Å². The van der Waals surface area contributed by atoms with Crippen molar-refractivity contribution in [2.75, 3.05) is 24.6 Å². The van der Waals surface area contributed by atoms with Gasteiger partial charge in [-0.1, -0.05) is 42.5 Å². The Morgan fingerprint density at radius 3 is 2.96 bits per heavy atom. The van der Waals surface area contributed by atoms with Gasteiger partial charge in [-0.25, -0.2) is 0 Å². The second-order valence-corrected chi connectivity index (χ2v) is 7.89. The number of nitrogens with one attached hydrogen (secondary N) is 1. The number of nitrogens with zero attached hydrogens (tertiary/aromatic N) is 1. The van der Waals surface area contributed by atoms with E-state index in [1.165, 1.54) is 16.3 Å². The second-order valence-electron chi connectivity index (χ2n) is 6.74. The highest BCUT2D eigenvalue weighted by molar-refractivity contribution is 7.99. The molecule has 2 aliphatic heterocycles. The van der Waals surface area contributed by atoms with E-state index in [1.807, 2.05) is 11.8 Å². The molecule has 3 nitrogen and oxygen atoms in total. The summed E-state index contributed by atoms with van der Waals surface area (Å²) in [5.74, 6) is 2.52. The summed E-state index contributed by atoms with van der Waals surface area (Å²) in [5.41, 5.74) is 1.31. The minimum Gasteiger partial charge on any atom is -0.336 e. The number of carbonyl (C=O) groups is 1. The van der Waals surface area contributed by atoms with Crippen LogP contribution in [0.15, 0.2) is 42.5 Å². The van der Waals surface area contributed by atoms with Crippen LogP contribution in [0.5, 0.6) is 0 Å². The molecule has 0 saturated carbocycles. The van der Waals surface area contributed by atoms with Crippen molar-refractivity contribution < 1.29 is 4.79 Å². The van der Waals surface area contributed by atoms with Gasteiger partial charge in [0, 0.05) is 37.1 Å². The normalized spacial score (nSPS) is 24.4. The molecule has 2 fully saturated rings. The molecule has 24 heavy (non-hydrogen) atoms. The molecule has 2 unspecified atom stereocenters.